The van der Waals surface area contributed by atoms with Gasteiger partial charge in [-0.2, -0.15) is 0 Å². The topological polar surface area (TPSA) is 55.8 Å². The monoisotopic (exact) mass is 383 g/mol. The Hall–Kier alpha value is -2.66. The van der Waals surface area contributed by atoms with Crippen molar-refractivity contribution in [2.45, 2.75) is 40.2 Å². The summed E-state index contributed by atoms with van der Waals surface area (Å²) < 4.78 is 10.9. The van der Waals surface area contributed by atoms with Gasteiger partial charge in [-0.15, -0.1) is 0 Å². The Bertz CT molecular complexity index is 781. The second-order valence-electron chi connectivity index (χ2n) is 7.34. The van der Waals surface area contributed by atoms with Gasteiger partial charge in [0.05, 0.1) is 0 Å². The van der Waals surface area contributed by atoms with Crippen LogP contribution in [-0.4, -0.2) is 31.6 Å². The molecule has 2 rings (SSSR count). The zero-order valence-corrected chi connectivity index (χ0v) is 17.3. The Labute approximate surface area is 167 Å². The highest BCUT2D eigenvalue weighted by atomic mass is 16.6. The molecule has 0 saturated heterocycles. The van der Waals surface area contributed by atoms with Gasteiger partial charge in [0, 0.05) is 24.9 Å². The van der Waals surface area contributed by atoms with Crippen LogP contribution in [0.2, 0.25) is 0 Å². The second-order valence-corrected chi connectivity index (χ2v) is 7.34. The van der Waals surface area contributed by atoms with Crippen LogP contribution in [0.1, 0.15) is 43.1 Å². The molecular weight excluding hydrogens is 354 g/mol. The molecule has 150 valence electrons. The van der Waals surface area contributed by atoms with Crippen LogP contribution in [0.4, 0.5) is 5.69 Å². The Morgan fingerprint density at radius 2 is 1.57 bits per heavy atom. The lowest BCUT2D eigenvalue weighted by Crippen LogP contribution is -2.27. The first kappa shape index (κ1) is 21.6. The molecule has 0 heterocycles. The van der Waals surface area contributed by atoms with Crippen LogP contribution >= 0.6 is 0 Å². The van der Waals surface area contributed by atoms with Crippen LogP contribution in [0.25, 0.3) is 0 Å². The minimum Gasteiger partial charge on any atom is -0.425 e. The molecule has 0 aliphatic rings. The number of amides is 1. The van der Waals surface area contributed by atoms with E-state index in [1.165, 1.54) is 0 Å². The SMILES string of the molecule is Cc1ccc(C(=O)N(C)c2ccc(OC(=O)C(C)OCCC(C)C)cc2)cc1. The summed E-state index contributed by atoms with van der Waals surface area (Å²) in [6.45, 7) is 8.40. The van der Waals surface area contributed by atoms with Gasteiger partial charge >= 0.3 is 5.97 Å². The van der Waals surface area contributed by atoms with Crippen molar-refractivity contribution in [2.24, 2.45) is 5.92 Å². The number of carbonyl (C=O) groups is 2. The van der Waals surface area contributed by atoms with Gasteiger partial charge in [-0.25, -0.2) is 4.79 Å². The molecule has 5 heteroatoms. The highest BCUT2D eigenvalue weighted by Crippen LogP contribution is 2.21. The number of rotatable bonds is 8. The van der Waals surface area contributed by atoms with Crippen LogP contribution in [0.15, 0.2) is 48.5 Å². The minimum absolute atomic E-state index is 0.100. The van der Waals surface area contributed by atoms with E-state index in [0.29, 0.717) is 29.5 Å². The summed E-state index contributed by atoms with van der Waals surface area (Å²) in [5.41, 5.74) is 2.44. The smallest absolute Gasteiger partial charge is 0.340 e. The Morgan fingerprint density at radius 1 is 0.964 bits per heavy atom. The number of aryl methyl sites for hydroxylation is 1. The summed E-state index contributed by atoms with van der Waals surface area (Å²) in [7, 11) is 1.72. The molecule has 0 aliphatic carbocycles. The molecule has 0 bridgehead atoms. The first-order valence-corrected chi connectivity index (χ1v) is 9.56. The average Bonchev–Trinajstić information content (AvgIpc) is 2.67. The fraction of sp³-hybridized carbons (Fsp3) is 0.391. The van der Waals surface area contributed by atoms with E-state index in [0.717, 1.165) is 12.0 Å². The van der Waals surface area contributed by atoms with E-state index < -0.39 is 12.1 Å². The first-order chi connectivity index (χ1) is 13.3. The maximum Gasteiger partial charge on any atom is 0.340 e. The van der Waals surface area contributed by atoms with E-state index in [1.807, 2.05) is 31.2 Å². The third kappa shape index (κ3) is 6.20. The molecule has 0 radical (unpaired) electrons. The molecule has 1 atom stereocenters. The summed E-state index contributed by atoms with van der Waals surface area (Å²) in [6.07, 6.45) is 0.275. The van der Waals surface area contributed by atoms with Crippen molar-refractivity contribution in [1.82, 2.24) is 0 Å². The quantitative estimate of drug-likeness (QED) is 0.493. The third-order valence-electron chi connectivity index (χ3n) is 4.44. The molecule has 0 aromatic heterocycles. The number of hydrogen-bond donors (Lipinski definition) is 0. The molecule has 28 heavy (non-hydrogen) atoms. The Morgan fingerprint density at radius 3 is 2.14 bits per heavy atom. The predicted molar refractivity (Wildman–Crippen MR) is 111 cm³/mol. The molecule has 2 aromatic rings. The molecule has 0 spiro atoms. The van der Waals surface area contributed by atoms with Crippen LogP contribution in [0.5, 0.6) is 5.75 Å². The van der Waals surface area contributed by atoms with Crippen molar-refractivity contribution in [2.75, 3.05) is 18.6 Å². The fourth-order valence-corrected chi connectivity index (χ4v) is 2.49. The molecule has 0 fully saturated rings. The van der Waals surface area contributed by atoms with Crippen LogP contribution in [0.3, 0.4) is 0 Å². The molecule has 5 nitrogen and oxygen atoms in total. The number of benzene rings is 2. The lowest BCUT2D eigenvalue weighted by Gasteiger charge is -2.18. The van der Waals surface area contributed by atoms with E-state index in [4.69, 9.17) is 9.47 Å². The van der Waals surface area contributed by atoms with E-state index in [1.54, 1.807) is 43.1 Å². The van der Waals surface area contributed by atoms with Crippen molar-refractivity contribution in [3.8, 4) is 5.75 Å². The molecule has 0 N–H and O–H groups in total. The van der Waals surface area contributed by atoms with Crippen LogP contribution in [-0.2, 0) is 9.53 Å². The Balaban J connectivity index is 1.94. The molecule has 1 amide bonds. The first-order valence-electron chi connectivity index (χ1n) is 9.56. The molecule has 0 saturated carbocycles. The van der Waals surface area contributed by atoms with E-state index in [-0.39, 0.29) is 5.91 Å². The van der Waals surface area contributed by atoms with Gasteiger partial charge in [0.15, 0.2) is 6.10 Å². The van der Waals surface area contributed by atoms with E-state index in [9.17, 15) is 9.59 Å². The third-order valence-corrected chi connectivity index (χ3v) is 4.44. The number of ether oxygens (including phenoxy) is 2. The van der Waals surface area contributed by atoms with Gasteiger partial charge in [0.2, 0.25) is 0 Å². The number of carbonyl (C=O) groups excluding carboxylic acids is 2. The van der Waals surface area contributed by atoms with Crippen molar-refractivity contribution in [3.63, 3.8) is 0 Å². The highest BCUT2D eigenvalue weighted by Gasteiger charge is 2.17. The Kier molecular flexibility index (Phi) is 7.76. The summed E-state index contributed by atoms with van der Waals surface area (Å²) in [4.78, 5) is 26.3. The molecule has 0 aliphatic heterocycles. The zero-order valence-electron chi connectivity index (χ0n) is 17.3. The number of anilines is 1. The van der Waals surface area contributed by atoms with Gasteiger partial charge in [0.25, 0.3) is 5.91 Å². The maximum atomic E-state index is 12.6. The number of nitrogens with zero attached hydrogens (tertiary/aromatic N) is 1. The minimum atomic E-state index is -0.621. The maximum absolute atomic E-state index is 12.6. The van der Waals surface area contributed by atoms with Gasteiger partial charge in [-0.1, -0.05) is 31.5 Å². The predicted octanol–water partition coefficient (Wildman–Crippen LogP) is 4.63. The lowest BCUT2D eigenvalue weighted by molar-refractivity contribution is -0.146. The van der Waals surface area contributed by atoms with Gasteiger partial charge in [-0.3, -0.25) is 4.79 Å². The molecule has 2 aromatic carbocycles. The average molecular weight is 383 g/mol. The fourth-order valence-electron chi connectivity index (χ4n) is 2.49. The van der Waals surface area contributed by atoms with Crippen LogP contribution in [0, 0.1) is 12.8 Å². The van der Waals surface area contributed by atoms with Crippen molar-refractivity contribution < 1.29 is 19.1 Å². The van der Waals surface area contributed by atoms with Gasteiger partial charge in [-0.05, 0) is 62.6 Å². The van der Waals surface area contributed by atoms with Crippen molar-refractivity contribution in [1.29, 1.82) is 0 Å². The zero-order chi connectivity index (χ0) is 20.7. The molecule has 1 unspecified atom stereocenters. The van der Waals surface area contributed by atoms with Crippen molar-refractivity contribution >= 4 is 17.6 Å². The number of esters is 1. The largest absolute Gasteiger partial charge is 0.425 e. The van der Waals surface area contributed by atoms with E-state index in [2.05, 4.69) is 13.8 Å². The van der Waals surface area contributed by atoms with Gasteiger partial charge in [0.1, 0.15) is 5.75 Å². The van der Waals surface area contributed by atoms with E-state index >= 15 is 0 Å². The van der Waals surface area contributed by atoms with Gasteiger partial charge < -0.3 is 14.4 Å². The summed E-state index contributed by atoms with van der Waals surface area (Å²) in [5.74, 6) is 0.414. The summed E-state index contributed by atoms with van der Waals surface area (Å²) >= 11 is 0. The van der Waals surface area contributed by atoms with Crippen LogP contribution < -0.4 is 9.64 Å². The standard InChI is InChI=1S/C23H29NO4/c1-16(2)14-15-27-18(4)23(26)28-21-12-10-20(11-13-21)24(5)22(25)19-8-6-17(3)7-9-19/h6-13,16,18H,14-15H2,1-5H3. The number of hydrogen-bond acceptors (Lipinski definition) is 4. The normalized spacial score (nSPS) is 11.9. The summed E-state index contributed by atoms with van der Waals surface area (Å²) in [6, 6.07) is 14.3. The lowest BCUT2D eigenvalue weighted by atomic mass is 10.1. The molecular formula is C23H29NO4. The highest BCUT2D eigenvalue weighted by molar-refractivity contribution is 6.05. The summed E-state index contributed by atoms with van der Waals surface area (Å²) in [5, 5.41) is 0. The van der Waals surface area contributed by atoms with Crippen molar-refractivity contribution in [3.05, 3.63) is 59.7 Å². The second kappa shape index (κ2) is 10.0.